The van der Waals surface area contributed by atoms with E-state index in [1.54, 1.807) is 0 Å². The Morgan fingerprint density at radius 3 is 2.70 bits per heavy atom. The van der Waals surface area contributed by atoms with E-state index in [9.17, 15) is 19.3 Å². The molecule has 0 aromatic heterocycles. The SMILES string of the molecule is COc1ccc(F)cc1COC(=O)c1cccc([N+](=O)[O-])c1C. The van der Waals surface area contributed by atoms with Gasteiger partial charge in [-0.3, -0.25) is 10.1 Å². The summed E-state index contributed by atoms with van der Waals surface area (Å²) >= 11 is 0. The Kier molecular flexibility index (Phi) is 4.90. The number of rotatable bonds is 5. The highest BCUT2D eigenvalue weighted by molar-refractivity contribution is 5.92. The molecule has 0 saturated heterocycles. The maximum Gasteiger partial charge on any atom is 0.338 e. The van der Waals surface area contributed by atoms with Crippen LogP contribution in [0.15, 0.2) is 36.4 Å². The van der Waals surface area contributed by atoms with E-state index in [2.05, 4.69) is 0 Å². The van der Waals surface area contributed by atoms with Crippen LogP contribution in [0.2, 0.25) is 0 Å². The molecule has 6 nitrogen and oxygen atoms in total. The van der Waals surface area contributed by atoms with Gasteiger partial charge in [0, 0.05) is 17.2 Å². The molecule has 0 aliphatic rings. The van der Waals surface area contributed by atoms with Gasteiger partial charge in [-0.25, -0.2) is 9.18 Å². The van der Waals surface area contributed by atoms with Gasteiger partial charge in [0.05, 0.1) is 17.6 Å². The number of carbonyl (C=O) groups excluding carboxylic acids is 1. The van der Waals surface area contributed by atoms with Gasteiger partial charge in [0.15, 0.2) is 0 Å². The quantitative estimate of drug-likeness (QED) is 0.479. The molecule has 0 spiro atoms. The molecule has 0 aliphatic carbocycles. The summed E-state index contributed by atoms with van der Waals surface area (Å²) in [6.45, 7) is 1.26. The fourth-order valence-electron chi connectivity index (χ4n) is 2.12. The first kappa shape index (κ1) is 16.4. The van der Waals surface area contributed by atoms with Crippen molar-refractivity contribution >= 4 is 11.7 Å². The Hall–Kier alpha value is -2.96. The Labute approximate surface area is 131 Å². The van der Waals surface area contributed by atoms with E-state index in [0.717, 1.165) is 0 Å². The maximum atomic E-state index is 13.3. The second-order valence-corrected chi connectivity index (χ2v) is 4.74. The van der Waals surface area contributed by atoms with E-state index < -0.39 is 16.7 Å². The molecule has 120 valence electrons. The molecular weight excluding hydrogens is 305 g/mol. The fourth-order valence-corrected chi connectivity index (χ4v) is 2.12. The summed E-state index contributed by atoms with van der Waals surface area (Å²) in [5, 5.41) is 10.9. The van der Waals surface area contributed by atoms with E-state index in [-0.39, 0.29) is 23.4 Å². The van der Waals surface area contributed by atoms with E-state index >= 15 is 0 Å². The lowest BCUT2D eigenvalue weighted by Gasteiger charge is -2.10. The second-order valence-electron chi connectivity index (χ2n) is 4.74. The highest BCUT2D eigenvalue weighted by Crippen LogP contribution is 2.24. The first-order valence-corrected chi connectivity index (χ1v) is 6.67. The smallest absolute Gasteiger partial charge is 0.338 e. The zero-order valence-electron chi connectivity index (χ0n) is 12.5. The highest BCUT2D eigenvalue weighted by Gasteiger charge is 2.19. The van der Waals surface area contributed by atoms with Gasteiger partial charge in [-0.15, -0.1) is 0 Å². The van der Waals surface area contributed by atoms with E-state index in [0.29, 0.717) is 11.3 Å². The predicted octanol–water partition coefficient (Wildman–Crippen LogP) is 3.41. The number of nitro groups is 1. The number of halogens is 1. The van der Waals surface area contributed by atoms with Crippen molar-refractivity contribution in [2.75, 3.05) is 7.11 Å². The van der Waals surface area contributed by atoms with Gasteiger partial charge in [0.1, 0.15) is 18.2 Å². The van der Waals surface area contributed by atoms with Crippen LogP contribution in [0.5, 0.6) is 5.75 Å². The lowest BCUT2D eigenvalue weighted by atomic mass is 10.1. The normalized spacial score (nSPS) is 10.2. The van der Waals surface area contributed by atoms with Crippen molar-refractivity contribution in [3.63, 3.8) is 0 Å². The number of hydrogen-bond donors (Lipinski definition) is 0. The van der Waals surface area contributed by atoms with Gasteiger partial charge in [-0.2, -0.15) is 0 Å². The maximum absolute atomic E-state index is 13.3. The van der Waals surface area contributed by atoms with Gasteiger partial charge in [0.25, 0.3) is 5.69 Å². The topological polar surface area (TPSA) is 78.7 Å². The zero-order valence-corrected chi connectivity index (χ0v) is 12.5. The van der Waals surface area contributed by atoms with Gasteiger partial charge in [-0.05, 0) is 31.2 Å². The molecule has 0 aliphatic heterocycles. The summed E-state index contributed by atoms with van der Waals surface area (Å²) in [4.78, 5) is 22.4. The fraction of sp³-hybridized carbons (Fsp3) is 0.188. The van der Waals surface area contributed by atoms with E-state index in [1.165, 1.54) is 50.4 Å². The Morgan fingerprint density at radius 2 is 2.04 bits per heavy atom. The molecule has 0 fully saturated rings. The average Bonchev–Trinajstić information content (AvgIpc) is 2.52. The highest BCUT2D eigenvalue weighted by atomic mass is 19.1. The van der Waals surface area contributed by atoms with Crippen LogP contribution in [0.4, 0.5) is 10.1 Å². The van der Waals surface area contributed by atoms with Gasteiger partial charge in [-0.1, -0.05) is 6.07 Å². The molecule has 2 aromatic rings. The van der Waals surface area contributed by atoms with Crippen LogP contribution in [0.3, 0.4) is 0 Å². The van der Waals surface area contributed by atoms with Crippen molar-refractivity contribution in [1.29, 1.82) is 0 Å². The summed E-state index contributed by atoms with van der Waals surface area (Å²) in [5.74, 6) is -0.823. The van der Waals surface area contributed by atoms with Crippen molar-refractivity contribution in [2.45, 2.75) is 13.5 Å². The van der Waals surface area contributed by atoms with Crippen molar-refractivity contribution in [2.24, 2.45) is 0 Å². The van der Waals surface area contributed by atoms with Crippen LogP contribution in [-0.4, -0.2) is 18.0 Å². The van der Waals surface area contributed by atoms with Crippen molar-refractivity contribution in [1.82, 2.24) is 0 Å². The molecule has 23 heavy (non-hydrogen) atoms. The first-order valence-electron chi connectivity index (χ1n) is 6.67. The molecule has 0 unspecified atom stereocenters. The summed E-state index contributed by atoms with van der Waals surface area (Å²) < 4.78 is 23.5. The molecule has 7 heteroatoms. The number of nitrogens with zero attached hydrogens (tertiary/aromatic N) is 1. The monoisotopic (exact) mass is 319 g/mol. The van der Waals surface area contributed by atoms with Crippen molar-refractivity contribution in [3.05, 3.63) is 69.0 Å². The number of benzene rings is 2. The number of hydrogen-bond acceptors (Lipinski definition) is 5. The Balaban J connectivity index is 2.19. The molecule has 2 rings (SSSR count). The molecule has 0 heterocycles. The molecule has 0 saturated carbocycles. The zero-order chi connectivity index (χ0) is 17.0. The minimum absolute atomic E-state index is 0.0922. The Bertz CT molecular complexity index is 760. The molecular formula is C16H14FNO5. The summed E-state index contributed by atoms with van der Waals surface area (Å²) in [6.07, 6.45) is 0. The number of nitro benzene ring substituents is 1. The molecule has 0 radical (unpaired) electrons. The summed E-state index contributed by atoms with van der Waals surface area (Å²) in [6, 6.07) is 8.01. The van der Waals surface area contributed by atoms with Gasteiger partial charge >= 0.3 is 5.97 Å². The van der Waals surface area contributed by atoms with Crippen LogP contribution < -0.4 is 4.74 Å². The van der Waals surface area contributed by atoms with Crippen molar-refractivity contribution < 1.29 is 23.6 Å². The van der Waals surface area contributed by atoms with Crippen LogP contribution in [0.1, 0.15) is 21.5 Å². The van der Waals surface area contributed by atoms with Crippen LogP contribution in [0, 0.1) is 22.9 Å². The standard InChI is InChI=1S/C16H14FNO5/c1-10-13(4-3-5-14(10)18(20)21)16(19)23-9-11-8-12(17)6-7-15(11)22-2/h3-8H,9H2,1-2H3. The number of methoxy groups -OCH3 is 1. The largest absolute Gasteiger partial charge is 0.496 e. The molecule has 0 atom stereocenters. The number of ether oxygens (including phenoxy) is 2. The lowest BCUT2D eigenvalue weighted by Crippen LogP contribution is -2.09. The van der Waals surface area contributed by atoms with Gasteiger partial charge in [0.2, 0.25) is 0 Å². The second kappa shape index (κ2) is 6.87. The number of esters is 1. The number of carbonyl (C=O) groups is 1. The first-order chi connectivity index (χ1) is 10.9. The van der Waals surface area contributed by atoms with Crippen LogP contribution in [0.25, 0.3) is 0 Å². The molecule has 0 bridgehead atoms. The Morgan fingerprint density at radius 1 is 1.30 bits per heavy atom. The third-order valence-corrected chi connectivity index (χ3v) is 3.32. The summed E-state index contributed by atoms with van der Waals surface area (Å²) in [7, 11) is 1.42. The summed E-state index contributed by atoms with van der Waals surface area (Å²) in [5.41, 5.74) is 0.509. The van der Waals surface area contributed by atoms with E-state index in [4.69, 9.17) is 9.47 Å². The van der Waals surface area contributed by atoms with E-state index in [1.807, 2.05) is 0 Å². The van der Waals surface area contributed by atoms with Crippen molar-refractivity contribution in [3.8, 4) is 5.75 Å². The third kappa shape index (κ3) is 3.63. The van der Waals surface area contributed by atoms with Crippen LogP contribution in [-0.2, 0) is 11.3 Å². The minimum Gasteiger partial charge on any atom is -0.496 e. The molecule has 0 N–H and O–H groups in total. The average molecular weight is 319 g/mol. The molecule has 2 aromatic carbocycles. The lowest BCUT2D eigenvalue weighted by molar-refractivity contribution is -0.385. The third-order valence-electron chi connectivity index (χ3n) is 3.32. The predicted molar refractivity (Wildman–Crippen MR) is 79.9 cm³/mol. The van der Waals surface area contributed by atoms with Crippen LogP contribution >= 0.6 is 0 Å². The molecule has 0 amide bonds. The minimum atomic E-state index is -0.725. The van der Waals surface area contributed by atoms with Gasteiger partial charge < -0.3 is 9.47 Å².